The zero-order valence-corrected chi connectivity index (χ0v) is 15.7. The summed E-state index contributed by atoms with van der Waals surface area (Å²) in [5.74, 6) is 0.522. The van der Waals surface area contributed by atoms with E-state index in [4.69, 9.17) is 4.74 Å². The lowest BCUT2D eigenvalue weighted by Gasteiger charge is -2.47. The van der Waals surface area contributed by atoms with Crippen LogP contribution >= 0.6 is 0 Å². The van der Waals surface area contributed by atoms with Gasteiger partial charge in [0.1, 0.15) is 23.5 Å². The normalized spacial score (nSPS) is 22.4. The van der Waals surface area contributed by atoms with Crippen molar-refractivity contribution >= 4 is 5.69 Å². The van der Waals surface area contributed by atoms with Gasteiger partial charge in [-0.3, -0.25) is 4.90 Å². The van der Waals surface area contributed by atoms with E-state index in [1.807, 2.05) is 0 Å². The Hall–Kier alpha value is -2.65. The van der Waals surface area contributed by atoms with Gasteiger partial charge in [-0.2, -0.15) is 5.26 Å². The summed E-state index contributed by atoms with van der Waals surface area (Å²) < 4.78 is 32.2. The predicted molar refractivity (Wildman–Crippen MR) is 103 cm³/mol. The summed E-state index contributed by atoms with van der Waals surface area (Å²) in [6, 6.07) is 13.1. The number of nitriles is 1. The summed E-state index contributed by atoms with van der Waals surface area (Å²) in [5.41, 5.74) is 1.22. The fraction of sp³-hybridized carbons (Fsp3) is 0.409. The Bertz CT molecular complexity index is 865. The van der Waals surface area contributed by atoms with Crippen molar-refractivity contribution in [3.8, 4) is 11.8 Å². The Labute approximate surface area is 163 Å². The number of piperidine rings is 1. The highest BCUT2D eigenvalue weighted by Gasteiger charge is 2.33. The van der Waals surface area contributed by atoms with Crippen LogP contribution in [0.1, 0.15) is 18.4 Å². The minimum atomic E-state index is -0.374. The van der Waals surface area contributed by atoms with Gasteiger partial charge in [0.15, 0.2) is 0 Å². The van der Waals surface area contributed by atoms with Crippen LogP contribution in [-0.4, -0.2) is 43.7 Å². The maximum Gasteiger partial charge on any atom is 0.124 e. The zero-order chi connectivity index (χ0) is 19.5. The number of rotatable bonds is 4. The van der Waals surface area contributed by atoms with Crippen LogP contribution in [0.5, 0.6) is 5.75 Å². The molecule has 2 aliphatic rings. The second-order valence-corrected chi connectivity index (χ2v) is 7.58. The molecule has 2 saturated heterocycles. The Morgan fingerprint density at radius 2 is 1.79 bits per heavy atom. The second kappa shape index (κ2) is 8.15. The van der Waals surface area contributed by atoms with Crippen LogP contribution in [0.2, 0.25) is 0 Å². The maximum atomic E-state index is 13.4. The minimum Gasteiger partial charge on any atom is -0.493 e. The lowest BCUT2D eigenvalue weighted by atomic mass is 9.91. The summed E-state index contributed by atoms with van der Waals surface area (Å²) >= 11 is 0. The number of hydrogen-bond acceptors (Lipinski definition) is 4. The van der Waals surface area contributed by atoms with E-state index in [-0.39, 0.29) is 11.6 Å². The molecule has 0 amide bonds. The van der Waals surface area contributed by atoms with Crippen molar-refractivity contribution in [2.45, 2.75) is 18.9 Å². The van der Waals surface area contributed by atoms with E-state index in [1.54, 1.807) is 18.2 Å². The Balaban J connectivity index is 1.33. The van der Waals surface area contributed by atoms with Gasteiger partial charge in [0.05, 0.1) is 17.9 Å². The molecule has 0 radical (unpaired) electrons. The van der Waals surface area contributed by atoms with Crippen LogP contribution in [-0.2, 0) is 0 Å². The van der Waals surface area contributed by atoms with Gasteiger partial charge in [-0.25, -0.2) is 8.78 Å². The van der Waals surface area contributed by atoms with Crippen molar-refractivity contribution in [3.63, 3.8) is 0 Å². The molecule has 0 unspecified atom stereocenters. The summed E-state index contributed by atoms with van der Waals surface area (Å²) in [4.78, 5) is 4.70. The molecule has 146 valence electrons. The smallest absolute Gasteiger partial charge is 0.124 e. The van der Waals surface area contributed by atoms with Crippen molar-refractivity contribution in [2.75, 3.05) is 37.7 Å². The molecule has 6 heteroatoms. The molecule has 28 heavy (non-hydrogen) atoms. The largest absolute Gasteiger partial charge is 0.493 e. The number of nitrogens with zero attached hydrogens (tertiary/aromatic N) is 3. The van der Waals surface area contributed by atoms with Gasteiger partial charge in [0.25, 0.3) is 0 Å². The first kappa shape index (κ1) is 18.7. The van der Waals surface area contributed by atoms with Gasteiger partial charge in [-0.15, -0.1) is 0 Å². The van der Waals surface area contributed by atoms with Crippen molar-refractivity contribution < 1.29 is 13.5 Å². The lowest BCUT2D eigenvalue weighted by molar-refractivity contribution is 0.0729. The summed E-state index contributed by atoms with van der Waals surface area (Å²) in [5, 5.41) is 9.32. The number of benzene rings is 2. The third-order valence-corrected chi connectivity index (χ3v) is 5.72. The van der Waals surface area contributed by atoms with E-state index in [0.717, 1.165) is 44.7 Å². The fourth-order valence-corrected chi connectivity index (χ4v) is 4.23. The first-order valence-electron chi connectivity index (χ1n) is 9.69. The van der Waals surface area contributed by atoms with Gasteiger partial charge < -0.3 is 9.64 Å². The SMILES string of the molecule is N#Cc1cc(F)ccc1N1CCN2C[C@H](COc3ccc(F)cc3)CC[C@H]2C1. The van der Waals surface area contributed by atoms with Crippen LogP contribution in [0.25, 0.3) is 0 Å². The summed E-state index contributed by atoms with van der Waals surface area (Å²) in [6.07, 6.45) is 2.14. The molecule has 4 nitrogen and oxygen atoms in total. The van der Waals surface area contributed by atoms with Crippen molar-refractivity contribution in [2.24, 2.45) is 5.92 Å². The Morgan fingerprint density at radius 1 is 1.00 bits per heavy atom. The highest BCUT2D eigenvalue weighted by Crippen LogP contribution is 2.30. The van der Waals surface area contributed by atoms with Crippen LogP contribution in [0, 0.1) is 28.9 Å². The molecule has 0 bridgehead atoms. The summed E-state index contributed by atoms with van der Waals surface area (Å²) in [7, 11) is 0. The van der Waals surface area contributed by atoms with Crippen LogP contribution < -0.4 is 9.64 Å². The monoisotopic (exact) mass is 383 g/mol. The minimum absolute atomic E-state index is 0.258. The number of piperazine rings is 1. The summed E-state index contributed by atoms with van der Waals surface area (Å²) in [6.45, 7) is 4.21. The van der Waals surface area contributed by atoms with Crippen LogP contribution in [0.3, 0.4) is 0 Å². The average molecular weight is 383 g/mol. The average Bonchev–Trinajstić information content (AvgIpc) is 2.72. The third-order valence-electron chi connectivity index (χ3n) is 5.72. The molecule has 0 N–H and O–H groups in total. The highest BCUT2D eigenvalue weighted by molar-refractivity contribution is 5.59. The molecule has 0 aliphatic carbocycles. The van der Waals surface area contributed by atoms with Crippen molar-refractivity contribution in [1.29, 1.82) is 5.26 Å². The standard InChI is InChI=1S/C22H23F2N3O/c23-18-2-6-21(7-3-18)28-15-16-1-5-20-14-27(10-9-26(20)13-16)22-8-4-19(24)11-17(22)12-25/h2-4,6-8,11,16,20H,1,5,9-10,13-15H2/t16-,20+/m1/s1. The van der Waals surface area contributed by atoms with Gasteiger partial charge in [0, 0.05) is 38.1 Å². The van der Waals surface area contributed by atoms with E-state index in [0.29, 0.717) is 29.9 Å². The van der Waals surface area contributed by atoms with Gasteiger partial charge in [-0.05, 0) is 55.3 Å². The van der Waals surface area contributed by atoms with E-state index in [1.165, 1.54) is 24.3 Å². The third kappa shape index (κ3) is 4.10. The number of halogens is 2. The Kier molecular flexibility index (Phi) is 5.45. The number of hydrogen-bond donors (Lipinski definition) is 0. The molecule has 2 aromatic carbocycles. The molecule has 2 atom stereocenters. The van der Waals surface area contributed by atoms with E-state index >= 15 is 0 Å². The van der Waals surface area contributed by atoms with Gasteiger partial charge >= 0.3 is 0 Å². The topological polar surface area (TPSA) is 39.5 Å². The van der Waals surface area contributed by atoms with E-state index < -0.39 is 0 Å². The molecular formula is C22H23F2N3O. The van der Waals surface area contributed by atoms with Gasteiger partial charge in [0.2, 0.25) is 0 Å². The molecular weight excluding hydrogens is 360 g/mol. The Morgan fingerprint density at radius 3 is 2.57 bits per heavy atom. The van der Waals surface area contributed by atoms with E-state index in [2.05, 4.69) is 15.9 Å². The molecule has 0 aromatic heterocycles. The zero-order valence-electron chi connectivity index (χ0n) is 15.7. The molecule has 2 aliphatic heterocycles. The van der Waals surface area contributed by atoms with Crippen LogP contribution in [0.4, 0.5) is 14.5 Å². The predicted octanol–water partition coefficient (Wildman–Crippen LogP) is 3.82. The molecule has 0 saturated carbocycles. The van der Waals surface area contributed by atoms with Crippen LogP contribution in [0.15, 0.2) is 42.5 Å². The van der Waals surface area contributed by atoms with Crippen molar-refractivity contribution in [3.05, 3.63) is 59.7 Å². The highest BCUT2D eigenvalue weighted by atomic mass is 19.1. The van der Waals surface area contributed by atoms with Gasteiger partial charge in [-0.1, -0.05) is 0 Å². The number of anilines is 1. The van der Waals surface area contributed by atoms with Crippen molar-refractivity contribution in [1.82, 2.24) is 4.90 Å². The molecule has 0 spiro atoms. The molecule has 2 heterocycles. The molecule has 2 aromatic rings. The number of ether oxygens (including phenoxy) is 1. The second-order valence-electron chi connectivity index (χ2n) is 7.58. The number of fused-ring (bicyclic) bond motifs is 1. The maximum absolute atomic E-state index is 13.4. The molecule has 2 fully saturated rings. The first-order chi connectivity index (χ1) is 13.6. The molecule has 4 rings (SSSR count). The quantitative estimate of drug-likeness (QED) is 0.805. The van der Waals surface area contributed by atoms with E-state index in [9.17, 15) is 14.0 Å². The lowest BCUT2D eigenvalue weighted by Crippen LogP contribution is -2.57. The first-order valence-corrected chi connectivity index (χ1v) is 9.69. The fourth-order valence-electron chi connectivity index (χ4n) is 4.23.